The minimum Gasteiger partial charge on any atom is -0.493 e. The maximum absolute atomic E-state index is 11.5. The Bertz CT molecular complexity index is 589. The van der Waals surface area contributed by atoms with E-state index in [9.17, 15) is 4.79 Å². The first-order valence-corrected chi connectivity index (χ1v) is 8.96. The van der Waals surface area contributed by atoms with Crippen molar-refractivity contribution in [1.29, 1.82) is 0 Å². The highest BCUT2D eigenvalue weighted by molar-refractivity contribution is 5.73. The lowest BCUT2D eigenvalue weighted by molar-refractivity contribution is -0.130. The van der Waals surface area contributed by atoms with Crippen molar-refractivity contribution in [1.82, 2.24) is 9.80 Å². The number of likely N-dealkylation sites (tertiary alicyclic amines) is 1. The van der Waals surface area contributed by atoms with Crippen LogP contribution in [0.5, 0.6) is 5.75 Å². The molecule has 0 bridgehead atoms. The third-order valence-corrected chi connectivity index (χ3v) is 5.51. The quantitative estimate of drug-likeness (QED) is 0.856. The molecule has 1 amide bonds. The first-order chi connectivity index (χ1) is 11.2. The van der Waals surface area contributed by atoms with E-state index < -0.39 is 0 Å². The average Bonchev–Trinajstić information content (AvgIpc) is 3.30. The molecule has 1 aromatic carbocycles. The first-order valence-electron chi connectivity index (χ1n) is 8.96. The molecule has 124 valence electrons. The van der Waals surface area contributed by atoms with Gasteiger partial charge in [-0.25, -0.2) is 0 Å². The van der Waals surface area contributed by atoms with E-state index in [1.807, 2.05) is 4.90 Å². The van der Waals surface area contributed by atoms with E-state index in [4.69, 9.17) is 4.74 Å². The molecule has 3 aliphatic rings. The summed E-state index contributed by atoms with van der Waals surface area (Å²) in [7, 11) is 0. The Kier molecular flexibility index (Phi) is 4.02. The van der Waals surface area contributed by atoms with Crippen molar-refractivity contribution in [2.45, 2.75) is 57.7 Å². The van der Waals surface area contributed by atoms with E-state index in [0.717, 1.165) is 57.3 Å². The van der Waals surface area contributed by atoms with Gasteiger partial charge in [-0.3, -0.25) is 9.69 Å². The van der Waals surface area contributed by atoms with Crippen LogP contribution in [-0.4, -0.2) is 47.5 Å². The van der Waals surface area contributed by atoms with Gasteiger partial charge in [-0.2, -0.15) is 0 Å². The van der Waals surface area contributed by atoms with Crippen molar-refractivity contribution in [2.24, 2.45) is 0 Å². The lowest BCUT2D eigenvalue weighted by Gasteiger charge is -2.38. The predicted molar refractivity (Wildman–Crippen MR) is 89.5 cm³/mol. The van der Waals surface area contributed by atoms with Gasteiger partial charge in [0, 0.05) is 45.1 Å². The number of hydrogen-bond donors (Lipinski definition) is 0. The zero-order chi connectivity index (χ0) is 15.8. The molecule has 1 aliphatic carbocycles. The van der Waals surface area contributed by atoms with E-state index >= 15 is 0 Å². The van der Waals surface area contributed by atoms with E-state index in [2.05, 4.69) is 23.1 Å². The number of carbonyl (C=O) groups is 1. The first kappa shape index (κ1) is 15.0. The van der Waals surface area contributed by atoms with Gasteiger partial charge in [-0.05, 0) is 42.9 Å². The summed E-state index contributed by atoms with van der Waals surface area (Å²) in [5.41, 5.74) is 2.78. The Morgan fingerprint density at radius 1 is 1.22 bits per heavy atom. The third kappa shape index (κ3) is 3.23. The summed E-state index contributed by atoms with van der Waals surface area (Å²) >= 11 is 0. The zero-order valence-corrected chi connectivity index (χ0v) is 14.0. The largest absolute Gasteiger partial charge is 0.493 e. The Balaban J connectivity index is 1.43. The standard InChI is InChI=1S/C19H26N2O2/c1-14(22)20-9-6-18(7-10-20)21(17-3-4-17)13-15-2-5-19-16(12-15)8-11-23-19/h2,5,12,17-18H,3-4,6-11,13H2,1H3. The maximum Gasteiger partial charge on any atom is 0.219 e. The van der Waals surface area contributed by atoms with Crippen LogP contribution in [0.2, 0.25) is 0 Å². The molecule has 4 nitrogen and oxygen atoms in total. The fourth-order valence-electron chi connectivity index (χ4n) is 4.02. The SMILES string of the molecule is CC(=O)N1CCC(N(Cc2ccc3c(c2)CCO3)C2CC2)CC1. The molecule has 1 saturated heterocycles. The summed E-state index contributed by atoms with van der Waals surface area (Å²) in [6, 6.07) is 8.09. The number of benzene rings is 1. The number of rotatable bonds is 4. The fourth-order valence-corrected chi connectivity index (χ4v) is 4.02. The molecule has 1 saturated carbocycles. The van der Waals surface area contributed by atoms with Crippen molar-refractivity contribution in [3.05, 3.63) is 29.3 Å². The number of fused-ring (bicyclic) bond motifs is 1. The Labute approximate surface area is 138 Å². The van der Waals surface area contributed by atoms with Crippen molar-refractivity contribution < 1.29 is 9.53 Å². The molecule has 4 rings (SSSR count). The van der Waals surface area contributed by atoms with Crippen LogP contribution in [-0.2, 0) is 17.8 Å². The second-order valence-corrected chi connectivity index (χ2v) is 7.18. The third-order valence-electron chi connectivity index (χ3n) is 5.51. The van der Waals surface area contributed by atoms with Gasteiger partial charge in [0.15, 0.2) is 0 Å². The molecule has 2 heterocycles. The topological polar surface area (TPSA) is 32.8 Å². The Morgan fingerprint density at radius 2 is 1.96 bits per heavy atom. The normalized spacial score (nSPS) is 21.4. The van der Waals surface area contributed by atoms with Gasteiger partial charge >= 0.3 is 0 Å². The van der Waals surface area contributed by atoms with Crippen molar-refractivity contribution in [2.75, 3.05) is 19.7 Å². The highest BCUT2D eigenvalue weighted by atomic mass is 16.5. The fraction of sp³-hybridized carbons (Fsp3) is 0.632. The molecule has 0 unspecified atom stereocenters. The molecule has 0 atom stereocenters. The number of amides is 1. The minimum atomic E-state index is 0.222. The molecular formula is C19H26N2O2. The van der Waals surface area contributed by atoms with Gasteiger partial charge in [0.1, 0.15) is 5.75 Å². The number of hydrogen-bond acceptors (Lipinski definition) is 3. The van der Waals surface area contributed by atoms with Crippen molar-refractivity contribution in [3.63, 3.8) is 0 Å². The van der Waals surface area contributed by atoms with Gasteiger partial charge in [-0.1, -0.05) is 12.1 Å². The van der Waals surface area contributed by atoms with Gasteiger partial charge in [0.05, 0.1) is 6.61 Å². The smallest absolute Gasteiger partial charge is 0.219 e. The summed E-state index contributed by atoms with van der Waals surface area (Å²) < 4.78 is 5.62. The monoisotopic (exact) mass is 314 g/mol. The second kappa shape index (κ2) is 6.16. The number of ether oxygens (including phenoxy) is 1. The molecular weight excluding hydrogens is 288 g/mol. The van der Waals surface area contributed by atoms with Gasteiger partial charge in [-0.15, -0.1) is 0 Å². The summed E-state index contributed by atoms with van der Waals surface area (Å²) in [5.74, 6) is 1.29. The molecule has 0 N–H and O–H groups in total. The molecule has 0 radical (unpaired) electrons. The van der Waals surface area contributed by atoms with Crippen LogP contribution in [0, 0.1) is 0 Å². The van der Waals surface area contributed by atoms with E-state index in [1.54, 1.807) is 6.92 Å². The number of carbonyl (C=O) groups excluding carboxylic acids is 1. The number of nitrogens with zero attached hydrogens (tertiary/aromatic N) is 2. The zero-order valence-electron chi connectivity index (χ0n) is 14.0. The molecule has 2 aliphatic heterocycles. The molecule has 2 fully saturated rings. The molecule has 23 heavy (non-hydrogen) atoms. The van der Waals surface area contributed by atoms with Crippen molar-refractivity contribution >= 4 is 5.91 Å². The van der Waals surface area contributed by atoms with E-state index in [0.29, 0.717) is 6.04 Å². The molecule has 1 aromatic rings. The summed E-state index contributed by atoms with van der Waals surface area (Å²) in [6.07, 6.45) is 5.94. The lowest BCUT2D eigenvalue weighted by atomic mass is 10.0. The molecule has 4 heteroatoms. The minimum absolute atomic E-state index is 0.222. The predicted octanol–water partition coefficient (Wildman–Crippen LogP) is 2.60. The highest BCUT2D eigenvalue weighted by Gasteiger charge is 2.35. The average molecular weight is 314 g/mol. The summed E-state index contributed by atoms with van der Waals surface area (Å²) in [6.45, 7) is 5.39. The lowest BCUT2D eigenvalue weighted by Crippen LogP contribution is -2.46. The van der Waals surface area contributed by atoms with Gasteiger partial charge in [0.25, 0.3) is 0 Å². The van der Waals surface area contributed by atoms with Gasteiger partial charge in [0.2, 0.25) is 5.91 Å². The van der Waals surface area contributed by atoms with Crippen LogP contribution in [0.4, 0.5) is 0 Å². The van der Waals surface area contributed by atoms with Crippen LogP contribution < -0.4 is 4.74 Å². The van der Waals surface area contributed by atoms with E-state index in [1.165, 1.54) is 24.0 Å². The summed E-state index contributed by atoms with van der Waals surface area (Å²) in [5, 5.41) is 0. The summed E-state index contributed by atoms with van der Waals surface area (Å²) in [4.78, 5) is 16.2. The van der Waals surface area contributed by atoms with Crippen LogP contribution >= 0.6 is 0 Å². The van der Waals surface area contributed by atoms with Crippen LogP contribution in [0.1, 0.15) is 43.7 Å². The molecule has 0 aromatic heterocycles. The van der Waals surface area contributed by atoms with Crippen molar-refractivity contribution in [3.8, 4) is 5.75 Å². The maximum atomic E-state index is 11.5. The Morgan fingerprint density at radius 3 is 2.65 bits per heavy atom. The van der Waals surface area contributed by atoms with Crippen LogP contribution in [0.15, 0.2) is 18.2 Å². The molecule has 0 spiro atoms. The van der Waals surface area contributed by atoms with Gasteiger partial charge < -0.3 is 9.64 Å². The Hall–Kier alpha value is -1.55. The van der Waals surface area contributed by atoms with E-state index in [-0.39, 0.29) is 5.91 Å². The second-order valence-electron chi connectivity index (χ2n) is 7.18. The highest BCUT2D eigenvalue weighted by Crippen LogP contribution is 2.34. The van der Waals surface area contributed by atoms with Crippen LogP contribution in [0.25, 0.3) is 0 Å². The van der Waals surface area contributed by atoms with Crippen LogP contribution in [0.3, 0.4) is 0 Å². The number of piperidine rings is 1.